The summed E-state index contributed by atoms with van der Waals surface area (Å²) in [5.74, 6) is 0.229. The second-order valence-electron chi connectivity index (χ2n) is 6.76. The summed E-state index contributed by atoms with van der Waals surface area (Å²) in [6.45, 7) is 4.10. The molecule has 0 spiro atoms. The van der Waals surface area contributed by atoms with E-state index >= 15 is 0 Å². The molecule has 0 radical (unpaired) electrons. The zero-order valence-corrected chi connectivity index (χ0v) is 16.0. The fraction of sp³-hybridized carbons (Fsp3) is 0.474. The molecule has 0 saturated heterocycles. The summed E-state index contributed by atoms with van der Waals surface area (Å²) < 4.78 is 6.10. The van der Waals surface area contributed by atoms with Gasteiger partial charge < -0.3 is 10.1 Å². The minimum atomic E-state index is -0.550. The fourth-order valence-electron chi connectivity index (χ4n) is 3.38. The van der Waals surface area contributed by atoms with E-state index in [4.69, 9.17) is 16.3 Å². The highest BCUT2D eigenvalue weighted by Gasteiger charge is 2.28. The number of carbonyl (C=O) groups excluding carboxylic acids is 2. The average Bonchev–Trinajstić information content (AvgIpc) is 2.94. The minimum Gasteiger partial charge on any atom is -0.451 e. The van der Waals surface area contributed by atoms with Crippen LogP contribution in [0.5, 0.6) is 0 Å². The minimum absolute atomic E-state index is 0.155. The van der Waals surface area contributed by atoms with Crippen LogP contribution >= 0.6 is 22.9 Å². The van der Waals surface area contributed by atoms with E-state index in [1.165, 1.54) is 17.8 Å². The molecule has 3 atom stereocenters. The zero-order chi connectivity index (χ0) is 18.0. The molecule has 1 heterocycles. The molecule has 134 valence electrons. The van der Waals surface area contributed by atoms with Gasteiger partial charge in [0.2, 0.25) is 0 Å². The van der Waals surface area contributed by atoms with Crippen molar-refractivity contribution in [1.82, 2.24) is 5.32 Å². The molecule has 3 rings (SSSR count). The zero-order valence-electron chi connectivity index (χ0n) is 14.4. The number of thiophene rings is 1. The molecule has 0 bridgehead atoms. The molecule has 0 aliphatic heterocycles. The number of fused-ring (bicyclic) bond motifs is 1. The van der Waals surface area contributed by atoms with Crippen molar-refractivity contribution in [3.8, 4) is 0 Å². The Hall–Kier alpha value is -1.59. The van der Waals surface area contributed by atoms with Gasteiger partial charge in [-0.25, -0.2) is 4.79 Å². The van der Waals surface area contributed by atoms with E-state index in [0.717, 1.165) is 22.9 Å². The van der Waals surface area contributed by atoms with Gasteiger partial charge >= 0.3 is 5.97 Å². The van der Waals surface area contributed by atoms with E-state index in [9.17, 15) is 9.59 Å². The number of hydrogen-bond acceptors (Lipinski definition) is 4. The van der Waals surface area contributed by atoms with Gasteiger partial charge in [-0.3, -0.25) is 4.79 Å². The lowest BCUT2D eigenvalue weighted by Gasteiger charge is -2.34. The Morgan fingerprint density at radius 1 is 1.28 bits per heavy atom. The van der Waals surface area contributed by atoms with Crippen molar-refractivity contribution in [2.24, 2.45) is 11.8 Å². The van der Waals surface area contributed by atoms with Crippen molar-refractivity contribution in [2.75, 3.05) is 6.61 Å². The van der Waals surface area contributed by atoms with Gasteiger partial charge in [0.15, 0.2) is 6.61 Å². The van der Waals surface area contributed by atoms with E-state index in [-0.39, 0.29) is 18.6 Å². The van der Waals surface area contributed by atoms with Crippen molar-refractivity contribution in [3.05, 3.63) is 34.2 Å². The van der Waals surface area contributed by atoms with Crippen LogP contribution in [-0.2, 0) is 9.53 Å². The molecule has 1 aliphatic carbocycles. The van der Waals surface area contributed by atoms with Gasteiger partial charge in [0.05, 0.1) is 5.02 Å². The molecule has 4 nitrogen and oxygen atoms in total. The number of nitrogens with one attached hydrogen (secondary N) is 1. The molecule has 2 aromatic rings. The third-order valence-electron chi connectivity index (χ3n) is 5.11. The van der Waals surface area contributed by atoms with E-state index in [0.29, 0.717) is 21.7 Å². The molecule has 0 unspecified atom stereocenters. The number of amides is 1. The molecular formula is C19H22ClNO3S. The number of benzene rings is 1. The Morgan fingerprint density at radius 3 is 2.80 bits per heavy atom. The second kappa shape index (κ2) is 7.75. The first kappa shape index (κ1) is 18.2. The van der Waals surface area contributed by atoms with Crippen LogP contribution in [-0.4, -0.2) is 24.5 Å². The third kappa shape index (κ3) is 3.98. The van der Waals surface area contributed by atoms with E-state index < -0.39 is 5.97 Å². The molecule has 1 fully saturated rings. The summed E-state index contributed by atoms with van der Waals surface area (Å²) in [7, 11) is 0. The number of halogens is 1. The van der Waals surface area contributed by atoms with Crippen molar-refractivity contribution in [1.29, 1.82) is 0 Å². The van der Waals surface area contributed by atoms with E-state index in [1.54, 1.807) is 0 Å². The highest BCUT2D eigenvalue weighted by Crippen LogP contribution is 2.35. The lowest BCUT2D eigenvalue weighted by molar-refractivity contribution is -0.125. The second-order valence-corrected chi connectivity index (χ2v) is 8.19. The predicted molar refractivity (Wildman–Crippen MR) is 101 cm³/mol. The van der Waals surface area contributed by atoms with Gasteiger partial charge in [0.1, 0.15) is 4.88 Å². The quantitative estimate of drug-likeness (QED) is 0.786. The Balaban J connectivity index is 1.58. The van der Waals surface area contributed by atoms with Crippen molar-refractivity contribution in [3.63, 3.8) is 0 Å². The summed E-state index contributed by atoms with van der Waals surface area (Å²) in [5, 5.41) is 4.22. The van der Waals surface area contributed by atoms with Gasteiger partial charge in [0, 0.05) is 16.1 Å². The molecule has 1 N–H and O–H groups in total. The summed E-state index contributed by atoms with van der Waals surface area (Å²) in [5.41, 5.74) is 0. The average molecular weight is 380 g/mol. The maximum absolute atomic E-state index is 12.3. The molecule has 1 aromatic heterocycles. The maximum atomic E-state index is 12.3. The highest BCUT2D eigenvalue weighted by atomic mass is 35.5. The van der Waals surface area contributed by atoms with E-state index in [2.05, 4.69) is 19.2 Å². The number of hydrogen-bond donors (Lipinski definition) is 1. The largest absolute Gasteiger partial charge is 0.451 e. The SMILES string of the molecule is C[C@H]1[C@H](C)CCC[C@H]1NC(=O)COC(=O)c1sc2ccccc2c1Cl. The smallest absolute Gasteiger partial charge is 0.350 e. The van der Waals surface area contributed by atoms with E-state index in [1.807, 2.05) is 24.3 Å². The van der Waals surface area contributed by atoms with Crippen LogP contribution in [0, 0.1) is 11.8 Å². The monoisotopic (exact) mass is 379 g/mol. The van der Waals surface area contributed by atoms with Crippen molar-refractivity contribution in [2.45, 2.75) is 39.2 Å². The van der Waals surface area contributed by atoms with Crippen molar-refractivity contribution >= 4 is 44.9 Å². The maximum Gasteiger partial charge on any atom is 0.350 e. The summed E-state index contributed by atoms with van der Waals surface area (Å²) in [4.78, 5) is 24.8. The molecule has 6 heteroatoms. The van der Waals surface area contributed by atoms with Gasteiger partial charge in [-0.1, -0.05) is 56.5 Å². The summed E-state index contributed by atoms with van der Waals surface area (Å²) in [6, 6.07) is 7.69. The number of ether oxygens (including phenoxy) is 1. The molecule has 1 aromatic carbocycles. The molecular weight excluding hydrogens is 358 g/mol. The van der Waals surface area contributed by atoms with Gasteiger partial charge in [-0.05, 0) is 24.3 Å². The van der Waals surface area contributed by atoms with Crippen LogP contribution < -0.4 is 5.32 Å². The Morgan fingerprint density at radius 2 is 2.04 bits per heavy atom. The first-order valence-electron chi connectivity index (χ1n) is 8.61. The number of rotatable bonds is 4. The first-order valence-corrected chi connectivity index (χ1v) is 9.80. The standard InChI is InChI=1S/C19H22ClNO3S/c1-11-6-5-8-14(12(11)2)21-16(22)10-24-19(23)18-17(20)13-7-3-4-9-15(13)25-18/h3-4,7,9,11-12,14H,5-6,8,10H2,1-2H3,(H,21,22)/t11-,12+,14-/m1/s1. The lowest BCUT2D eigenvalue weighted by Crippen LogP contribution is -2.45. The molecule has 1 saturated carbocycles. The number of esters is 1. The van der Waals surface area contributed by atoms with Gasteiger partial charge in [-0.15, -0.1) is 11.3 Å². The van der Waals surface area contributed by atoms with Crippen LogP contribution in [0.15, 0.2) is 24.3 Å². The van der Waals surface area contributed by atoms with Crippen LogP contribution in [0.25, 0.3) is 10.1 Å². The Labute approximate surface area is 156 Å². The number of carbonyl (C=O) groups is 2. The molecule has 1 amide bonds. The van der Waals surface area contributed by atoms with Crippen LogP contribution in [0.1, 0.15) is 42.8 Å². The fourth-order valence-corrected chi connectivity index (χ4v) is 4.78. The normalized spacial score (nSPS) is 23.4. The van der Waals surface area contributed by atoms with Crippen LogP contribution in [0.3, 0.4) is 0 Å². The predicted octanol–water partition coefficient (Wildman–Crippen LogP) is 4.65. The lowest BCUT2D eigenvalue weighted by atomic mass is 9.78. The van der Waals surface area contributed by atoms with Gasteiger partial charge in [0.25, 0.3) is 5.91 Å². The van der Waals surface area contributed by atoms with Gasteiger partial charge in [-0.2, -0.15) is 0 Å². The topological polar surface area (TPSA) is 55.4 Å². The molecule has 25 heavy (non-hydrogen) atoms. The Kier molecular flexibility index (Phi) is 5.64. The first-order chi connectivity index (χ1) is 12.0. The third-order valence-corrected chi connectivity index (χ3v) is 6.76. The van der Waals surface area contributed by atoms with Crippen molar-refractivity contribution < 1.29 is 14.3 Å². The van der Waals surface area contributed by atoms with Crippen LogP contribution in [0.4, 0.5) is 0 Å². The highest BCUT2D eigenvalue weighted by molar-refractivity contribution is 7.21. The summed E-state index contributed by atoms with van der Waals surface area (Å²) >= 11 is 7.55. The Bertz CT molecular complexity index is 788. The van der Waals surface area contributed by atoms with Crippen LogP contribution in [0.2, 0.25) is 5.02 Å². The summed E-state index contributed by atoms with van der Waals surface area (Å²) in [6.07, 6.45) is 3.30. The molecule has 1 aliphatic rings.